The molecule has 134 valence electrons. The van der Waals surface area contributed by atoms with Crippen molar-refractivity contribution in [1.82, 2.24) is 9.62 Å². The number of carbonyl (C=O) groups excluding carboxylic acids is 1. The summed E-state index contributed by atoms with van der Waals surface area (Å²) in [6, 6.07) is 2.03. The first-order valence-electron chi connectivity index (χ1n) is 8.70. The second-order valence-electron chi connectivity index (χ2n) is 7.18. The minimum Gasteiger partial charge on any atom is -0.334 e. The summed E-state index contributed by atoms with van der Waals surface area (Å²) in [4.78, 5) is 17.1. The Kier molecular flexibility index (Phi) is 5.32. The van der Waals surface area contributed by atoms with Gasteiger partial charge >= 0.3 is 0 Å². The van der Waals surface area contributed by atoms with Crippen molar-refractivity contribution in [2.45, 2.75) is 51.5 Å². The van der Waals surface area contributed by atoms with Crippen LogP contribution in [0.25, 0.3) is 0 Å². The van der Waals surface area contributed by atoms with Gasteiger partial charge in [-0.3, -0.25) is 4.79 Å². The Bertz CT molecular complexity index is 711. The monoisotopic (exact) mass is 370 g/mol. The molecule has 0 saturated carbocycles. The molecule has 5 nitrogen and oxygen atoms in total. The number of nitrogens with one attached hydrogen (secondary N) is 1. The smallest absolute Gasteiger partial charge is 0.264 e. The van der Waals surface area contributed by atoms with E-state index in [0.29, 0.717) is 19.0 Å². The lowest BCUT2D eigenvalue weighted by atomic mass is 9.90. The zero-order valence-corrected chi connectivity index (χ0v) is 16.0. The number of rotatable bonds is 4. The fraction of sp³-hybridized carbons (Fsp3) is 0.706. The van der Waals surface area contributed by atoms with E-state index >= 15 is 0 Å². The summed E-state index contributed by atoms with van der Waals surface area (Å²) in [5, 5.41) is 0. The maximum absolute atomic E-state index is 13.0. The van der Waals surface area contributed by atoms with E-state index in [4.69, 9.17) is 0 Å². The number of thiophene rings is 1. The maximum atomic E-state index is 13.0. The Labute approximate surface area is 148 Å². The van der Waals surface area contributed by atoms with Crippen LogP contribution < -0.4 is 4.72 Å². The Morgan fingerprint density at radius 2 is 2.17 bits per heavy atom. The third-order valence-electron chi connectivity index (χ3n) is 5.01. The highest BCUT2D eigenvalue weighted by atomic mass is 32.2. The molecule has 1 aromatic heterocycles. The van der Waals surface area contributed by atoms with E-state index in [2.05, 4.69) is 17.7 Å². The number of amides is 1. The lowest BCUT2D eigenvalue weighted by Gasteiger charge is -2.35. The summed E-state index contributed by atoms with van der Waals surface area (Å²) in [5.74, 6) is 0.763. The molecule has 1 amide bonds. The fourth-order valence-corrected chi connectivity index (χ4v) is 5.34. The first kappa shape index (κ1) is 17.9. The van der Waals surface area contributed by atoms with E-state index in [9.17, 15) is 13.2 Å². The summed E-state index contributed by atoms with van der Waals surface area (Å²) >= 11 is 1.63. The van der Waals surface area contributed by atoms with Crippen LogP contribution in [0.3, 0.4) is 0 Å². The van der Waals surface area contributed by atoms with Gasteiger partial charge in [0.2, 0.25) is 10.0 Å². The largest absolute Gasteiger partial charge is 0.334 e. The van der Waals surface area contributed by atoms with Crippen LogP contribution in [0.5, 0.6) is 0 Å². The van der Waals surface area contributed by atoms with Gasteiger partial charge in [0.25, 0.3) is 5.91 Å². The average molecular weight is 371 g/mol. The Morgan fingerprint density at radius 3 is 2.92 bits per heavy atom. The van der Waals surface area contributed by atoms with Crippen molar-refractivity contribution in [1.29, 1.82) is 0 Å². The molecule has 0 spiro atoms. The summed E-state index contributed by atoms with van der Waals surface area (Å²) in [6.07, 6.45) is 7.39. The minimum absolute atomic E-state index is 0.0426. The molecule has 1 N–H and O–H groups in total. The summed E-state index contributed by atoms with van der Waals surface area (Å²) in [5.41, 5.74) is 1.34. The maximum Gasteiger partial charge on any atom is 0.264 e. The SMILES string of the molecule is C[C@@H]1CCc2sc(C(=O)N3CCCC[C@H]3CNS(C)(=O)=O)cc2C1. The van der Waals surface area contributed by atoms with Crippen LogP contribution in [-0.2, 0) is 22.9 Å². The number of hydrogen-bond donors (Lipinski definition) is 1. The third kappa shape index (κ3) is 4.18. The van der Waals surface area contributed by atoms with Crippen LogP contribution in [0, 0.1) is 5.92 Å². The highest BCUT2D eigenvalue weighted by Gasteiger charge is 2.30. The van der Waals surface area contributed by atoms with Crippen molar-refractivity contribution in [3.63, 3.8) is 0 Å². The van der Waals surface area contributed by atoms with Gasteiger partial charge < -0.3 is 4.90 Å². The molecule has 24 heavy (non-hydrogen) atoms. The molecule has 2 heterocycles. The molecule has 2 aliphatic rings. The molecule has 1 aromatic rings. The fourth-order valence-electron chi connectivity index (χ4n) is 3.68. The average Bonchev–Trinajstić information content (AvgIpc) is 2.95. The van der Waals surface area contributed by atoms with Gasteiger partial charge in [0.1, 0.15) is 0 Å². The first-order chi connectivity index (χ1) is 11.3. The number of piperidine rings is 1. The number of likely N-dealkylation sites (tertiary alicyclic amines) is 1. The first-order valence-corrected chi connectivity index (χ1v) is 11.4. The van der Waals surface area contributed by atoms with Gasteiger partial charge in [-0.05, 0) is 56.1 Å². The van der Waals surface area contributed by atoms with Crippen LogP contribution in [0.1, 0.15) is 52.7 Å². The molecular weight excluding hydrogens is 344 g/mol. The van der Waals surface area contributed by atoms with Crippen LogP contribution in [0.2, 0.25) is 0 Å². The topological polar surface area (TPSA) is 66.5 Å². The Morgan fingerprint density at radius 1 is 1.38 bits per heavy atom. The van der Waals surface area contributed by atoms with Gasteiger partial charge in [-0.25, -0.2) is 13.1 Å². The molecule has 2 atom stereocenters. The number of aryl methyl sites for hydroxylation is 1. The quantitative estimate of drug-likeness (QED) is 0.885. The van der Waals surface area contributed by atoms with Crippen molar-refractivity contribution in [3.05, 3.63) is 21.4 Å². The molecule has 7 heteroatoms. The number of sulfonamides is 1. The van der Waals surface area contributed by atoms with E-state index in [0.717, 1.165) is 43.2 Å². The standard InChI is InChI=1S/C17H26N2O3S2/c1-12-6-7-15-13(9-12)10-16(23-15)17(20)19-8-4-3-5-14(19)11-18-24(2,21)22/h10,12,14,18H,3-9,11H2,1-2H3/t12-,14+/m1/s1. The summed E-state index contributed by atoms with van der Waals surface area (Å²) < 4.78 is 25.3. The molecule has 1 aliphatic carbocycles. The lowest BCUT2D eigenvalue weighted by molar-refractivity contribution is 0.0624. The van der Waals surface area contributed by atoms with E-state index in [1.165, 1.54) is 16.9 Å². The van der Waals surface area contributed by atoms with Gasteiger partial charge in [0.15, 0.2) is 0 Å². The zero-order chi connectivity index (χ0) is 17.3. The second-order valence-corrected chi connectivity index (χ2v) is 10.1. The van der Waals surface area contributed by atoms with Crippen molar-refractivity contribution >= 4 is 27.3 Å². The molecule has 0 radical (unpaired) electrons. The van der Waals surface area contributed by atoms with Gasteiger partial charge in [-0.15, -0.1) is 11.3 Å². The third-order valence-corrected chi connectivity index (χ3v) is 6.93. The summed E-state index contributed by atoms with van der Waals surface area (Å²) in [7, 11) is -3.23. The van der Waals surface area contributed by atoms with Crippen LogP contribution in [0.15, 0.2) is 6.07 Å². The van der Waals surface area contributed by atoms with E-state index < -0.39 is 10.0 Å². The van der Waals surface area contributed by atoms with Crippen molar-refractivity contribution in [2.75, 3.05) is 19.3 Å². The Balaban J connectivity index is 1.74. The van der Waals surface area contributed by atoms with Gasteiger partial charge in [-0.1, -0.05) is 6.92 Å². The van der Waals surface area contributed by atoms with Gasteiger partial charge in [-0.2, -0.15) is 0 Å². The number of hydrogen-bond acceptors (Lipinski definition) is 4. The molecule has 1 aliphatic heterocycles. The van der Waals surface area contributed by atoms with Crippen LogP contribution in [-0.4, -0.2) is 44.6 Å². The van der Waals surface area contributed by atoms with Gasteiger partial charge in [0, 0.05) is 24.0 Å². The van der Waals surface area contributed by atoms with E-state index in [1.807, 2.05) is 4.90 Å². The van der Waals surface area contributed by atoms with Gasteiger partial charge in [0.05, 0.1) is 11.1 Å². The molecule has 0 unspecified atom stereocenters. The van der Waals surface area contributed by atoms with Crippen molar-refractivity contribution in [3.8, 4) is 0 Å². The van der Waals surface area contributed by atoms with Crippen LogP contribution in [0.4, 0.5) is 0 Å². The van der Waals surface area contributed by atoms with Crippen molar-refractivity contribution < 1.29 is 13.2 Å². The molecule has 1 saturated heterocycles. The molecular formula is C17H26N2O3S2. The normalized spacial score (nSPS) is 24.7. The second kappa shape index (κ2) is 7.14. The number of carbonyl (C=O) groups is 1. The molecule has 3 rings (SSSR count). The van der Waals surface area contributed by atoms with E-state index in [-0.39, 0.29) is 11.9 Å². The predicted molar refractivity (Wildman–Crippen MR) is 97.0 cm³/mol. The molecule has 0 bridgehead atoms. The predicted octanol–water partition coefficient (Wildman–Crippen LogP) is 2.42. The van der Waals surface area contributed by atoms with Crippen molar-refractivity contribution in [2.24, 2.45) is 5.92 Å². The Hall–Kier alpha value is -0.920. The summed E-state index contributed by atoms with van der Waals surface area (Å²) in [6.45, 7) is 3.29. The lowest BCUT2D eigenvalue weighted by Crippen LogP contribution is -2.49. The van der Waals surface area contributed by atoms with Crippen LogP contribution >= 0.6 is 11.3 Å². The number of nitrogens with zero attached hydrogens (tertiary/aromatic N) is 1. The molecule has 1 fully saturated rings. The molecule has 0 aromatic carbocycles. The highest BCUT2D eigenvalue weighted by molar-refractivity contribution is 7.88. The highest BCUT2D eigenvalue weighted by Crippen LogP contribution is 2.33. The number of fused-ring (bicyclic) bond motifs is 1. The minimum atomic E-state index is -3.23. The van der Waals surface area contributed by atoms with E-state index in [1.54, 1.807) is 11.3 Å². The zero-order valence-electron chi connectivity index (χ0n) is 14.4.